The van der Waals surface area contributed by atoms with Crippen molar-refractivity contribution in [1.29, 1.82) is 0 Å². The molecule has 2 unspecified atom stereocenters. The van der Waals surface area contributed by atoms with Crippen molar-refractivity contribution in [2.24, 2.45) is 5.92 Å². The molecule has 2 aliphatic rings. The summed E-state index contributed by atoms with van der Waals surface area (Å²) in [5.41, 5.74) is -0.941. The Kier molecular flexibility index (Phi) is 5.24. The minimum atomic E-state index is -4.44. The molecule has 8 heteroatoms. The van der Waals surface area contributed by atoms with E-state index < -0.39 is 11.9 Å². The first-order chi connectivity index (χ1) is 11.4. The molecule has 1 aromatic heterocycles. The molecule has 24 heavy (non-hydrogen) atoms. The van der Waals surface area contributed by atoms with E-state index in [0.717, 1.165) is 45.3 Å². The van der Waals surface area contributed by atoms with Gasteiger partial charge >= 0.3 is 6.18 Å². The van der Waals surface area contributed by atoms with Crippen LogP contribution < -0.4 is 10.2 Å². The van der Waals surface area contributed by atoms with E-state index in [1.165, 1.54) is 18.9 Å². The predicted octanol–water partition coefficient (Wildman–Crippen LogP) is 2.01. The summed E-state index contributed by atoms with van der Waals surface area (Å²) in [4.78, 5) is 4.49. The van der Waals surface area contributed by atoms with Crippen molar-refractivity contribution in [3.63, 3.8) is 0 Å². The summed E-state index contributed by atoms with van der Waals surface area (Å²) in [7, 11) is 0. The third kappa shape index (κ3) is 3.97. The molecule has 5 nitrogen and oxygen atoms in total. The van der Waals surface area contributed by atoms with E-state index in [2.05, 4.69) is 27.3 Å². The van der Waals surface area contributed by atoms with Crippen LogP contribution in [0.3, 0.4) is 0 Å². The van der Waals surface area contributed by atoms with Crippen LogP contribution in [0.15, 0.2) is 12.1 Å². The van der Waals surface area contributed by atoms with E-state index in [9.17, 15) is 13.2 Å². The molecular formula is C16H24F3N5. The summed E-state index contributed by atoms with van der Waals surface area (Å²) in [6, 6.07) is 2.95. The maximum Gasteiger partial charge on any atom is 0.435 e. The molecule has 2 atom stereocenters. The monoisotopic (exact) mass is 343 g/mol. The Labute approximate surface area is 140 Å². The number of alkyl halides is 3. The Balaban J connectivity index is 1.54. The number of piperidine rings is 1. The second-order valence-electron chi connectivity index (χ2n) is 6.64. The number of halogens is 3. The van der Waals surface area contributed by atoms with Crippen molar-refractivity contribution >= 4 is 5.82 Å². The highest BCUT2D eigenvalue weighted by Gasteiger charge is 2.33. The molecule has 0 saturated carbocycles. The lowest BCUT2D eigenvalue weighted by molar-refractivity contribution is -0.141. The van der Waals surface area contributed by atoms with Gasteiger partial charge in [0, 0.05) is 32.2 Å². The maximum atomic E-state index is 12.6. The van der Waals surface area contributed by atoms with Crippen molar-refractivity contribution < 1.29 is 13.2 Å². The highest BCUT2D eigenvalue weighted by molar-refractivity contribution is 5.38. The molecule has 1 aromatic rings. The highest BCUT2D eigenvalue weighted by atomic mass is 19.4. The van der Waals surface area contributed by atoms with E-state index in [-0.39, 0.29) is 0 Å². The fourth-order valence-electron chi connectivity index (χ4n) is 3.59. The summed E-state index contributed by atoms with van der Waals surface area (Å²) in [5, 5.41) is 10.5. The third-order valence-electron chi connectivity index (χ3n) is 5.17. The van der Waals surface area contributed by atoms with Crippen LogP contribution in [0.1, 0.15) is 25.5 Å². The van der Waals surface area contributed by atoms with Crippen LogP contribution in [-0.4, -0.2) is 60.4 Å². The maximum absolute atomic E-state index is 12.6. The zero-order chi connectivity index (χ0) is 17.2. The minimum absolute atomic E-state index is 0.523. The molecule has 0 aliphatic carbocycles. The average molecular weight is 343 g/mol. The van der Waals surface area contributed by atoms with Crippen LogP contribution in [0.2, 0.25) is 0 Å². The van der Waals surface area contributed by atoms with Gasteiger partial charge in [-0.2, -0.15) is 13.2 Å². The Bertz CT molecular complexity index is 520. The summed E-state index contributed by atoms with van der Waals surface area (Å²) < 4.78 is 37.7. The van der Waals surface area contributed by atoms with Gasteiger partial charge in [0.2, 0.25) is 0 Å². The van der Waals surface area contributed by atoms with Crippen LogP contribution in [0.4, 0.5) is 19.0 Å². The van der Waals surface area contributed by atoms with Crippen LogP contribution >= 0.6 is 0 Å². The molecule has 2 aliphatic heterocycles. The normalized spacial score (nSPS) is 24.8. The van der Waals surface area contributed by atoms with Gasteiger partial charge in [-0.25, -0.2) is 0 Å². The summed E-state index contributed by atoms with van der Waals surface area (Å²) >= 11 is 0. The topological polar surface area (TPSA) is 44.3 Å². The number of nitrogens with one attached hydrogen (secondary N) is 1. The smallest absolute Gasteiger partial charge is 0.353 e. The first-order valence-corrected chi connectivity index (χ1v) is 8.56. The lowest BCUT2D eigenvalue weighted by atomic mass is 9.91. The van der Waals surface area contributed by atoms with Crippen LogP contribution in [-0.2, 0) is 6.18 Å². The quantitative estimate of drug-likeness (QED) is 0.910. The standard InChI is InChI=1S/C16H24F3N5/c1-12(13-3-2-6-20-11-13)23-7-9-24(10-8-23)15-5-4-14(21-22-15)16(17,18)19/h4-5,12-13,20H,2-3,6-11H2,1H3. The number of anilines is 1. The number of piperazine rings is 1. The van der Waals surface area contributed by atoms with Crippen molar-refractivity contribution in [3.05, 3.63) is 17.8 Å². The lowest BCUT2D eigenvalue weighted by Gasteiger charge is -2.42. The molecule has 3 heterocycles. The van der Waals surface area contributed by atoms with Gasteiger partial charge in [-0.1, -0.05) is 0 Å². The van der Waals surface area contributed by atoms with Gasteiger partial charge in [-0.05, 0) is 50.9 Å². The van der Waals surface area contributed by atoms with Crippen LogP contribution in [0, 0.1) is 5.92 Å². The fraction of sp³-hybridized carbons (Fsp3) is 0.750. The van der Waals surface area contributed by atoms with Crippen molar-refractivity contribution in [2.45, 2.75) is 32.0 Å². The SMILES string of the molecule is CC(C1CCCNC1)N1CCN(c2ccc(C(F)(F)F)nn2)CC1. The summed E-state index contributed by atoms with van der Waals surface area (Å²) in [6.07, 6.45) is -1.94. The van der Waals surface area contributed by atoms with Gasteiger partial charge in [-0.3, -0.25) is 4.90 Å². The predicted molar refractivity (Wildman–Crippen MR) is 85.9 cm³/mol. The zero-order valence-corrected chi connectivity index (χ0v) is 13.9. The summed E-state index contributed by atoms with van der Waals surface area (Å²) in [6.45, 7) is 7.82. The van der Waals surface area contributed by atoms with Gasteiger partial charge in [0.25, 0.3) is 0 Å². The molecular weight excluding hydrogens is 319 g/mol. The molecule has 0 radical (unpaired) electrons. The van der Waals surface area contributed by atoms with Gasteiger partial charge in [0.15, 0.2) is 11.5 Å². The van der Waals surface area contributed by atoms with Gasteiger partial charge < -0.3 is 10.2 Å². The third-order valence-corrected chi connectivity index (χ3v) is 5.17. The van der Waals surface area contributed by atoms with Crippen molar-refractivity contribution in [3.8, 4) is 0 Å². The van der Waals surface area contributed by atoms with E-state index >= 15 is 0 Å². The first kappa shape index (κ1) is 17.4. The Morgan fingerprint density at radius 3 is 2.46 bits per heavy atom. The van der Waals surface area contributed by atoms with Gasteiger partial charge in [0.1, 0.15) is 0 Å². The van der Waals surface area contributed by atoms with Crippen LogP contribution in [0.25, 0.3) is 0 Å². The van der Waals surface area contributed by atoms with Crippen LogP contribution in [0.5, 0.6) is 0 Å². The molecule has 2 fully saturated rings. The molecule has 1 N–H and O–H groups in total. The zero-order valence-electron chi connectivity index (χ0n) is 13.9. The van der Waals surface area contributed by atoms with Crippen molar-refractivity contribution in [2.75, 3.05) is 44.2 Å². The molecule has 0 aromatic carbocycles. The van der Waals surface area contributed by atoms with Crippen molar-refractivity contribution in [1.82, 2.24) is 20.4 Å². The van der Waals surface area contributed by atoms with E-state index in [1.54, 1.807) is 0 Å². The molecule has 0 amide bonds. The Morgan fingerprint density at radius 1 is 1.17 bits per heavy atom. The fourth-order valence-corrected chi connectivity index (χ4v) is 3.59. The number of hydrogen-bond acceptors (Lipinski definition) is 5. The number of aromatic nitrogens is 2. The van der Waals surface area contributed by atoms with Gasteiger partial charge in [-0.15, -0.1) is 10.2 Å². The molecule has 0 bridgehead atoms. The lowest BCUT2D eigenvalue weighted by Crippen LogP contribution is -2.53. The molecule has 2 saturated heterocycles. The van der Waals surface area contributed by atoms with E-state index in [4.69, 9.17) is 0 Å². The summed E-state index contributed by atoms with van der Waals surface area (Å²) in [5.74, 6) is 1.20. The first-order valence-electron chi connectivity index (χ1n) is 8.56. The highest BCUT2D eigenvalue weighted by Crippen LogP contribution is 2.28. The van der Waals surface area contributed by atoms with E-state index in [1.807, 2.05) is 4.90 Å². The second-order valence-corrected chi connectivity index (χ2v) is 6.64. The molecule has 134 valence electrons. The Hall–Kier alpha value is -1.41. The minimum Gasteiger partial charge on any atom is -0.353 e. The molecule has 0 spiro atoms. The van der Waals surface area contributed by atoms with E-state index in [0.29, 0.717) is 17.8 Å². The number of hydrogen-bond donors (Lipinski definition) is 1. The largest absolute Gasteiger partial charge is 0.435 e. The number of rotatable bonds is 3. The second kappa shape index (κ2) is 7.23. The number of nitrogens with zero attached hydrogens (tertiary/aromatic N) is 4. The Morgan fingerprint density at radius 2 is 1.92 bits per heavy atom. The van der Waals surface area contributed by atoms with Gasteiger partial charge in [0.05, 0.1) is 0 Å². The molecule has 3 rings (SSSR count). The average Bonchev–Trinajstić information content (AvgIpc) is 2.61.